The van der Waals surface area contributed by atoms with E-state index in [0.29, 0.717) is 0 Å². The summed E-state index contributed by atoms with van der Waals surface area (Å²) in [6.07, 6.45) is 4.06. The fourth-order valence-electron chi connectivity index (χ4n) is 2.51. The summed E-state index contributed by atoms with van der Waals surface area (Å²) in [5.41, 5.74) is 6.29. The molecule has 2 rings (SSSR count). The van der Waals surface area contributed by atoms with E-state index in [0.717, 1.165) is 44.3 Å². The third kappa shape index (κ3) is 4.21. The molecule has 19 heavy (non-hydrogen) atoms. The Bertz CT molecular complexity index is 421. The van der Waals surface area contributed by atoms with E-state index in [1.807, 2.05) is 0 Å². The molecule has 1 aliphatic heterocycles. The molecule has 0 radical (unpaired) electrons. The van der Waals surface area contributed by atoms with Gasteiger partial charge in [0, 0.05) is 13.1 Å². The van der Waals surface area contributed by atoms with Gasteiger partial charge in [-0.05, 0) is 43.4 Å². The van der Waals surface area contributed by atoms with Gasteiger partial charge in [-0.15, -0.1) is 0 Å². The fraction of sp³-hybridized carbons (Fsp3) is 0.500. The molecular weight excluding hydrogens is 245 g/mol. The minimum Gasteiger partial charge on any atom is -0.352 e. The summed E-state index contributed by atoms with van der Waals surface area (Å²) in [6.45, 7) is 1.81. The number of nitrogens with two attached hydrogens (primary N) is 1. The number of carbonyl (C=O) groups excluding carboxylic acids is 1. The van der Waals surface area contributed by atoms with E-state index in [2.05, 4.69) is 10.2 Å². The van der Waals surface area contributed by atoms with Crippen LogP contribution in [0.25, 0.3) is 0 Å². The smallest absolute Gasteiger partial charge is 0.313 e. The second-order valence-corrected chi connectivity index (χ2v) is 4.93. The molecule has 2 amide bonds. The molecule has 3 N–H and O–H groups in total. The fourth-order valence-corrected chi connectivity index (χ4v) is 2.51. The van der Waals surface area contributed by atoms with Crippen LogP contribution in [0.5, 0.6) is 0 Å². The molecule has 1 saturated heterocycles. The number of primary amides is 1. The summed E-state index contributed by atoms with van der Waals surface area (Å²) in [5.74, 6) is -0.213. The van der Waals surface area contributed by atoms with Gasteiger partial charge in [-0.2, -0.15) is 0 Å². The molecule has 0 aromatic heterocycles. The van der Waals surface area contributed by atoms with Crippen molar-refractivity contribution in [3.05, 3.63) is 35.6 Å². The average Bonchev–Trinajstić information content (AvgIpc) is 2.39. The second kappa shape index (κ2) is 6.52. The lowest BCUT2D eigenvalue weighted by Crippen LogP contribution is -2.52. The van der Waals surface area contributed by atoms with Gasteiger partial charge < -0.3 is 11.1 Å². The molecule has 1 heterocycles. The minimum absolute atomic E-state index is 0.0340. The normalized spacial score (nSPS) is 20.2. The highest BCUT2D eigenvalue weighted by molar-refractivity contribution is 5.71. The first-order chi connectivity index (χ1) is 9.15. The Balaban J connectivity index is 1.88. The lowest BCUT2D eigenvalue weighted by Gasteiger charge is -2.35. The maximum absolute atomic E-state index is 12.8. The number of nitrogens with one attached hydrogen (secondary N) is 1. The van der Waals surface area contributed by atoms with Gasteiger partial charge in [0.25, 0.3) is 0 Å². The number of rotatable bonds is 4. The Morgan fingerprint density at radius 1 is 1.37 bits per heavy atom. The zero-order chi connectivity index (χ0) is 13.7. The molecule has 1 aliphatic rings. The zero-order valence-corrected chi connectivity index (χ0v) is 10.9. The van der Waals surface area contributed by atoms with Crippen LogP contribution >= 0.6 is 0 Å². The quantitative estimate of drug-likeness (QED) is 0.873. The van der Waals surface area contributed by atoms with Crippen molar-refractivity contribution in [3.8, 4) is 0 Å². The van der Waals surface area contributed by atoms with E-state index in [9.17, 15) is 9.18 Å². The third-order valence-corrected chi connectivity index (χ3v) is 3.52. The van der Waals surface area contributed by atoms with Crippen LogP contribution in [0.2, 0.25) is 0 Å². The van der Waals surface area contributed by atoms with Crippen molar-refractivity contribution in [2.24, 2.45) is 5.73 Å². The highest BCUT2D eigenvalue weighted by Gasteiger charge is 2.22. The van der Waals surface area contributed by atoms with E-state index >= 15 is 0 Å². The molecule has 104 valence electrons. The van der Waals surface area contributed by atoms with Gasteiger partial charge in [0.05, 0.1) is 6.17 Å². The number of carbonyl (C=O) groups is 1. The molecule has 0 bridgehead atoms. The van der Waals surface area contributed by atoms with Gasteiger partial charge in [0.1, 0.15) is 5.82 Å². The molecule has 1 unspecified atom stereocenters. The highest BCUT2D eigenvalue weighted by Crippen LogP contribution is 2.15. The molecular formula is C14H20FN3O. The Morgan fingerprint density at radius 2 is 2.11 bits per heavy atom. The zero-order valence-electron chi connectivity index (χ0n) is 10.9. The van der Waals surface area contributed by atoms with Crippen LogP contribution in [-0.2, 0) is 6.42 Å². The number of urea groups is 1. The van der Waals surface area contributed by atoms with Crippen molar-refractivity contribution in [1.29, 1.82) is 0 Å². The lowest BCUT2D eigenvalue weighted by molar-refractivity contribution is 0.128. The van der Waals surface area contributed by atoms with Crippen molar-refractivity contribution < 1.29 is 9.18 Å². The number of piperidine rings is 1. The summed E-state index contributed by atoms with van der Waals surface area (Å²) in [6, 6.07) is 6.08. The number of hydrogen-bond donors (Lipinski definition) is 2. The first kappa shape index (κ1) is 13.8. The van der Waals surface area contributed by atoms with Gasteiger partial charge in [0.15, 0.2) is 0 Å². The van der Waals surface area contributed by atoms with Crippen LogP contribution in [0, 0.1) is 5.82 Å². The van der Waals surface area contributed by atoms with Crippen LogP contribution in [0.1, 0.15) is 24.8 Å². The summed E-state index contributed by atoms with van der Waals surface area (Å²) >= 11 is 0. The summed E-state index contributed by atoms with van der Waals surface area (Å²) in [4.78, 5) is 13.2. The Hall–Kier alpha value is -1.62. The van der Waals surface area contributed by atoms with E-state index in [4.69, 9.17) is 5.73 Å². The summed E-state index contributed by atoms with van der Waals surface area (Å²) in [5, 5.41) is 2.78. The van der Waals surface area contributed by atoms with Crippen molar-refractivity contribution in [2.45, 2.75) is 31.8 Å². The minimum atomic E-state index is -0.473. The number of hydrogen-bond acceptors (Lipinski definition) is 2. The molecule has 1 fully saturated rings. The number of benzene rings is 1. The Labute approximate surface area is 112 Å². The van der Waals surface area contributed by atoms with Crippen molar-refractivity contribution in [3.63, 3.8) is 0 Å². The largest absolute Gasteiger partial charge is 0.352 e. The molecule has 0 spiro atoms. The molecule has 4 nitrogen and oxygen atoms in total. The van der Waals surface area contributed by atoms with Crippen LogP contribution in [0.15, 0.2) is 24.3 Å². The van der Waals surface area contributed by atoms with Crippen LogP contribution in [0.4, 0.5) is 9.18 Å². The SMILES string of the molecule is NC(=O)NC1CCCCN1CCc1ccc(F)cc1. The highest BCUT2D eigenvalue weighted by atomic mass is 19.1. The lowest BCUT2D eigenvalue weighted by atomic mass is 10.1. The van der Waals surface area contributed by atoms with E-state index in [1.165, 1.54) is 12.1 Å². The van der Waals surface area contributed by atoms with E-state index in [-0.39, 0.29) is 12.0 Å². The maximum Gasteiger partial charge on any atom is 0.313 e. The molecule has 0 aliphatic carbocycles. The summed E-state index contributed by atoms with van der Waals surface area (Å²) < 4.78 is 12.8. The number of amides is 2. The predicted octanol–water partition coefficient (Wildman–Crippen LogP) is 1.85. The average molecular weight is 265 g/mol. The van der Waals surface area contributed by atoms with Gasteiger partial charge in [-0.1, -0.05) is 12.1 Å². The first-order valence-electron chi connectivity index (χ1n) is 6.69. The van der Waals surface area contributed by atoms with Gasteiger partial charge >= 0.3 is 6.03 Å². The molecule has 1 atom stereocenters. The molecule has 5 heteroatoms. The number of halogens is 1. The summed E-state index contributed by atoms with van der Waals surface area (Å²) in [7, 11) is 0. The molecule has 1 aromatic rings. The van der Waals surface area contributed by atoms with Crippen molar-refractivity contribution >= 4 is 6.03 Å². The van der Waals surface area contributed by atoms with Gasteiger partial charge in [-0.25, -0.2) is 9.18 Å². The first-order valence-corrected chi connectivity index (χ1v) is 6.69. The van der Waals surface area contributed by atoms with Crippen LogP contribution in [0.3, 0.4) is 0 Å². The standard InChI is InChI=1S/C14H20FN3O/c15-12-6-4-11(5-7-12)8-10-18-9-2-1-3-13(18)17-14(16)19/h4-7,13H,1-3,8-10H2,(H3,16,17,19). The van der Waals surface area contributed by atoms with Gasteiger partial charge in [0.2, 0.25) is 0 Å². The Kier molecular flexibility index (Phi) is 4.74. The van der Waals surface area contributed by atoms with Gasteiger partial charge in [-0.3, -0.25) is 4.90 Å². The Morgan fingerprint density at radius 3 is 2.79 bits per heavy atom. The third-order valence-electron chi connectivity index (χ3n) is 3.52. The van der Waals surface area contributed by atoms with E-state index in [1.54, 1.807) is 12.1 Å². The maximum atomic E-state index is 12.8. The molecule has 1 aromatic carbocycles. The van der Waals surface area contributed by atoms with E-state index < -0.39 is 6.03 Å². The van der Waals surface area contributed by atoms with Crippen molar-refractivity contribution in [1.82, 2.24) is 10.2 Å². The topological polar surface area (TPSA) is 58.4 Å². The predicted molar refractivity (Wildman–Crippen MR) is 72.0 cm³/mol. The number of nitrogens with zero attached hydrogens (tertiary/aromatic N) is 1. The second-order valence-electron chi connectivity index (χ2n) is 4.93. The monoisotopic (exact) mass is 265 g/mol. The molecule has 0 saturated carbocycles. The van der Waals surface area contributed by atoms with Crippen LogP contribution < -0.4 is 11.1 Å². The number of likely N-dealkylation sites (tertiary alicyclic amines) is 1. The van der Waals surface area contributed by atoms with Crippen LogP contribution in [-0.4, -0.2) is 30.2 Å². The van der Waals surface area contributed by atoms with Crippen molar-refractivity contribution in [2.75, 3.05) is 13.1 Å².